The van der Waals surface area contributed by atoms with E-state index >= 15 is 0 Å². The lowest BCUT2D eigenvalue weighted by atomic mass is 10.1. The number of aromatic nitrogens is 1. The molecule has 2 rings (SSSR count). The van der Waals surface area contributed by atoms with Crippen LogP contribution in [0.4, 0.5) is 0 Å². The second kappa shape index (κ2) is 5.97. The molecule has 0 bridgehead atoms. The summed E-state index contributed by atoms with van der Waals surface area (Å²) in [5, 5.41) is 1.05. The number of phosphoric ester groups is 1. The number of fused-ring (bicyclic) bond motifs is 1. The first-order valence-electron chi connectivity index (χ1n) is 6.42. The maximum Gasteiger partial charge on any atom is 0.524 e. The van der Waals surface area contributed by atoms with Crippen LogP contribution in [0.15, 0.2) is 24.4 Å². The Kier molecular flexibility index (Phi) is 4.50. The van der Waals surface area contributed by atoms with Crippen LogP contribution < -0.4 is 4.52 Å². The smallest absolute Gasteiger partial charge is 0.404 e. The van der Waals surface area contributed by atoms with E-state index in [4.69, 9.17) is 9.79 Å². The second-order valence-electron chi connectivity index (χ2n) is 4.75. The molecule has 0 radical (unpaired) electrons. The highest BCUT2D eigenvalue weighted by Gasteiger charge is 2.16. The van der Waals surface area contributed by atoms with Crippen molar-refractivity contribution in [2.24, 2.45) is 0 Å². The number of benzene rings is 1. The third kappa shape index (κ3) is 3.84. The molecule has 0 saturated carbocycles. The van der Waals surface area contributed by atoms with Gasteiger partial charge in [0.2, 0.25) is 0 Å². The summed E-state index contributed by atoms with van der Waals surface area (Å²) in [6.07, 6.45) is 2.85. The van der Waals surface area contributed by atoms with Gasteiger partial charge in [-0.2, -0.15) is 0 Å². The van der Waals surface area contributed by atoms with E-state index in [1.165, 1.54) is 5.56 Å². The van der Waals surface area contributed by atoms with Crippen LogP contribution in [-0.4, -0.2) is 39.8 Å². The summed E-state index contributed by atoms with van der Waals surface area (Å²) >= 11 is 0. The maximum absolute atomic E-state index is 10.8. The molecule has 0 fully saturated rings. The summed E-state index contributed by atoms with van der Waals surface area (Å²) in [5.74, 6) is 0.157. The number of hydrogen-bond acceptors (Lipinski definition) is 3. The van der Waals surface area contributed by atoms with Gasteiger partial charge in [-0.15, -0.1) is 0 Å². The average Bonchev–Trinajstić information content (AvgIpc) is 2.76. The zero-order valence-electron chi connectivity index (χ0n) is 11.5. The van der Waals surface area contributed by atoms with Crippen molar-refractivity contribution in [2.75, 3.05) is 20.1 Å². The molecule has 2 aromatic rings. The van der Waals surface area contributed by atoms with Crippen LogP contribution in [0, 0.1) is 0 Å². The minimum Gasteiger partial charge on any atom is -0.404 e. The van der Waals surface area contributed by atoms with Gasteiger partial charge in [-0.05, 0) is 37.7 Å². The summed E-state index contributed by atoms with van der Waals surface area (Å²) < 4.78 is 15.4. The van der Waals surface area contributed by atoms with Gasteiger partial charge in [0.1, 0.15) is 5.75 Å². The minimum atomic E-state index is -4.51. The van der Waals surface area contributed by atoms with E-state index in [2.05, 4.69) is 28.4 Å². The summed E-state index contributed by atoms with van der Waals surface area (Å²) in [6.45, 7) is 4.08. The van der Waals surface area contributed by atoms with Gasteiger partial charge in [0.25, 0.3) is 0 Å². The first kappa shape index (κ1) is 15.1. The van der Waals surface area contributed by atoms with Gasteiger partial charge in [-0.1, -0.05) is 6.92 Å². The quantitative estimate of drug-likeness (QED) is 0.711. The first-order chi connectivity index (χ1) is 9.39. The summed E-state index contributed by atoms with van der Waals surface area (Å²) in [5.41, 5.74) is 1.99. The van der Waals surface area contributed by atoms with Crippen LogP contribution in [0.3, 0.4) is 0 Å². The van der Waals surface area contributed by atoms with Gasteiger partial charge in [0.15, 0.2) is 0 Å². The average molecular weight is 298 g/mol. The molecular weight excluding hydrogens is 279 g/mol. The van der Waals surface area contributed by atoms with E-state index in [-0.39, 0.29) is 5.75 Å². The maximum atomic E-state index is 10.8. The molecule has 1 aromatic carbocycles. The van der Waals surface area contributed by atoms with E-state index in [1.807, 2.05) is 12.3 Å². The fraction of sp³-hybridized carbons (Fsp3) is 0.385. The number of phosphoric acid groups is 1. The molecule has 0 spiro atoms. The SMILES string of the molecule is CCN(C)CCc1c[nH]c2cc(OP(=O)(O)O)ccc12. The Morgan fingerprint density at radius 3 is 2.80 bits per heavy atom. The van der Waals surface area contributed by atoms with Gasteiger partial charge in [0, 0.05) is 29.7 Å². The third-order valence-corrected chi connectivity index (χ3v) is 3.71. The van der Waals surface area contributed by atoms with E-state index in [1.54, 1.807) is 12.1 Å². The minimum absolute atomic E-state index is 0.157. The molecule has 0 unspecified atom stereocenters. The largest absolute Gasteiger partial charge is 0.524 e. The molecule has 0 aliphatic rings. The van der Waals surface area contributed by atoms with Crippen molar-refractivity contribution >= 4 is 18.7 Å². The Hall–Kier alpha value is -1.33. The van der Waals surface area contributed by atoms with Gasteiger partial charge >= 0.3 is 7.82 Å². The van der Waals surface area contributed by atoms with Crippen molar-refractivity contribution in [3.05, 3.63) is 30.0 Å². The number of nitrogens with one attached hydrogen (secondary N) is 1. The van der Waals surface area contributed by atoms with Crippen LogP contribution in [0.25, 0.3) is 10.9 Å². The molecular formula is C13H19N2O4P. The Balaban J connectivity index is 2.18. The van der Waals surface area contributed by atoms with Gasteiger partial charge < -0.3 is 14.4 Å². The van der Waals surface area contributed by atoms with Crippen molar-refractivity contribution in [3.63, 3.8) is 0 Å². The van der Waals surface area contributed by atoms with Gasteiger partial charge in [-0.3, -0.25) is 9.79 Å². The standard InChI is InChI=1S/C13H19N2O4P/c1-3-15(2)7-6-10-9-14-13-8-11(4-5-12(10)13)19-20(16,17)18/h4-5,8-9,14H,3,6-7H2,1-2H3,(H2,16,17,18). The lowest BCUT2D eigenvalue weighted by molar-refractivity contribution is 0.283. The summed E-state index contributed by atoms with van der Waals surface area (Å²) in [6, 6.07) is 4.99. The van der Waals surface area contributed by atoms with Crippen LogP contribution in [0.1, 0.15) is 12.5 Å². The molecule has 20 heavy (non-hydrogen) atoms. The van der Waals surface area contributed by atoms with Gasteiger partial charge in [-0.25, -0.2) is 4.57 Å². The van der Waals surface area contributed by atoms with Crippen LogP contribution in [0.5, 0.6) is 5.75 Å². The molecule has 0 saturated heterocycles. The molecule has 7 heteroatoms. The summed E-state index contributed by atoms with van der Waals surface area (Å²) in [7, 11) is -2.44. The molecule has 0 aliphatic carbocycles. The highest BCUT2D eigenvalue weighted by atomic mass is 31.2. The molecule has 0 amide bonds. The molecule has 1 aromatic heterocycles. The number of nitrogens with zero attached hydrogens (tertiary/aromatic N) is 1. The number of H-pyrrole nitrogens is 1. The summed E-state index contributed by atoms with van der Waals surface area (Å²) in [4.78, 5) is 22.9. The monoisotopic (exact) mass is 298 g/mol. The number of rotatable bonds is 6. The van der Waals surface area contributed by atoms with Crippen molar-refractivity contribution in [1.82, 2.24) is 9.88 Å². The molecule has 1 heterocycles. The van der Waals surface area contributed by atoms with Crippen LogP contribution in [0.2, 0.25) is 0 Å². The zero-order valence-corrected chi connectivity index (χ0v) is 12.4. The lowest BCUT2D eigenvalue weighted by Gasteiger charge is -2.12. The Bertz CT molecular complexity index is 634. The predicted molar refractivity (Wildman–Crippen MR) is 77.8 cm³/mol. The molecule has 0 aliphatic heterocycles. The Morgan fingerprint density at radius 1 is 1.40 bits per heavy atom. The highest BCUT2D eigenvalue weighted by Crippen LogP contribution is 2.38. The van der Waals surface area contributed by atoms with Gasteiger partial charge in [0.05, 0.1) is 0 Å². The molecule has 6 nitrogen and oxygen atoms in total. The van der Waals surface area contributed by atoms with E-state index < -0.39 is 7.82 Å². The normalized spacial score (nSPS) is 12.2. The number of aromatic amines is 1. The fourth-order valence-electron chi connectivity index (χ4n) is 2.04. The topological polar surface area (TPSA) is 85.8 Å². The molecule has 3 N–H and O–H groups in total. The van der Waals surface area contributed by atoms with Crippen LogP contribution >= 0.6 is 7.82 Å². The number of hydrogen-bond donors (Lipinski definition) is 3. The van der Waals surface area contributed by atoms with Crippen molar-refractivity contribution in [2.45, 2.75) is 13.3 Å². The number of likely N-dealkylation sites (N-methyl/N-ethyl adjacent to an activating group) is 1. The Labute approximate surface area is 117 Å². The predicted octanol–water partition coefficient (Wildman–Crippen LogP) is 2.13. The second-order valence-corrected chi connectivity index (χ2v) is 5.91. The van der Waals surface area contributed by atoms with Crippen molar-refractivity contribution in [1.29, 1.82) is 0 Å². The van der Waals surface area contributed by atoms with Crippen molar-refractivity contribution < 1.29 is 18.9 Å². The zero-order chi connectivity index (χ0) is 14.8. The molecule has 110 valence electrons. The van der Waals surface area contributed by atoms with E-state index in [0.29, 0.717) is 0 Å². The fourth-order valence-corrected chi connectivity index (χ4v) is 2.42. The Morgan fingerprint density at radius 2 is 2.15 bits per heavy atom. The van der Waals surface area contributed by atoms with Crippen LogP contribution in [-0.2, 0) is 11.0 Å². The highest BCUT2D eigenvalue weighted by molar-refractivity contribution is 7.46. The van der Waals surface area contributed by atoms with E-state index in [9.17, 15) is 4.57 Å². The third-order valence-electron chi connectivity index (χ3n) is 3.27. The molecule has 0 atom stereocenters. The lowest BCUT2D eigenvalue weighted by Crippen LogP contribution is -2.20. The first-order valence-corrected chi connectivity index (χ1v) is 7.96. The van der Waals surface area contributed by atoms with E-state index in [0.717, 1.165) is 30.4 Å². The van der Waals surface area contributed by atoms with Crippen molar-refractivity contribution in [3.8, 4) is 5.75 Å².